The fourth-order valence-corrected chi connectivity index (χ4v) is 3.47. The largest absolute Gasteiger partial charge is 0.467 e. The van der Waals surface area contributed by atoms with Gasteiger partial charge in [-0.05, 0) is 44.9 Å². The lowest BCUT2D eigenvalue weighted by Crippen LogP contribution is -2.37. The third-order valence-electron chi connectivity index (χ3n) is 4.20. The highest BCUT2D eigenvalue weighted by Crippen LogP contribution is 2.29. The van der Waals surface area contributed by atoms with Crippen molar-refractivity contribution in [3.05, 3.63) is 52.6 Å². The molecule has 23 heavy (non-hydrogen) atoms. The Morgan fingerprint density at radius 1 is 1.35 bits per heavy atom. The van der Waals surface area contributed by atoms with Gasteiger partial charge in [0, 0.05) is 22.4 Å². The zero-order valence-electron chi connectivity index (χ0n) is 13.3. The van der Waals surface area contributed by atoms with Crippen molar-refractivity contribution in [2.45, 2.75) is 39.3 Å². The van der Waals surface area contributed by atoms with Crippen molar-refractivity contribution in [2.75, 3.05) is 0 Å². The third kappa shape index (κ3) is 3.03. The number of nitrogens with zero attached hydrogens (tertiary/aromatic N) is 2. The second kappa shape index (κ2) is 5.85. The Hall–Kier alpha value is -2.08. The molecule has 0 atom stereocenters. The third-order valence-corrected chi connectivity index (χ3v) is 4.98. The molecule has 0 spiro atoms. The number of nitrogens with one attached hydrogen (secondary N) is 2. The van der Waals surface area contributed by atoms with Crippen LogP contribution in [0.25, 0.3) is 5.70 Å². The summed E-state index contributed by atoms with van der Waals surface area (Å²) in [5.41, 5.74) is 11.2. The molecule has 4 rings (SSSR count). The van der Waals surface area contributed by atoms with Crippen LogP contribution in [0.3, 0.4) is 0 Å². The van der Waals surface area contributed by atoms with Crippen LogP contribution in [-0.2, 0) is 6.54 Å². The molecular formula is C17H20N4OS. The number of aromatic nitrogens is 1. The minimum Gasteiger partial charge on any atom is -0.467 e. The minimum atomic E-state index is 0.528. The van der Waals surface area contributed by atoms with E-state index in [1.165, 1.54) is 29.8 Å². The molecule has 1 fully saturated rings. The zero-order valence-corrected chi connectivity index (χ0v) is 14.1. The minimum absolute atomic E-state index is 0.528. The van der Waals surface area contributed by atoms with Gasteiger partial charge in [0.05, 0.1) is 24.5 Å². The maximum absolute atomic E-state index is 5.48. The highest BCUT2D eigenvalue weighted by molar-refractivity contribution is 8.16. The van der Waals surface area contributed by atoms with Gasteiger partial charge < -0.3 is 8.98 Å². The number of aliphatic imine (C=N–C) groups is 1. The van der Waals surface area contributed by atoms with Crippen molar-refractivity contribution in [3.63, 3.8) is 0 Å². The second-order valence-electron chi connectivity index (χ2n) is 6.02. The molecule has 3 heterocycles. The van der Waals surface area contributed by atoms with E-state index in [1.807, 2.05) is 12.1 Å². The quantitative estimate of drug-likeness (QED) is 0.903. The number of thioether (sulfide) groups is 1. The molecule has 6 heteroatoms. The highest BCUT2D eigenvalue weighted by atomic mass is 32.2. The van der Waals surface area contributed by atoms with Crippen LogP contribution in [0.4, 0.5) is 0 Å². The zero-order chi connectivity index (χ0) is 15.8. The summed E-state index contributed by atoms with van der Waals surface area (Å²) in [6, 6.07) is 6.67. The predicted octanol–water partition coefficient (Wildman–Crippen LogP) is 3.40. The first kappa shape index (κ1) is 14.5. The number of aryl methyl sites for hydroxylation is 1. The molecule has 2 aromatic heterocycles. The summed E-state index contributed by atoms with van der Waals surface area (Å²) in [5.74, 6) is 0.968. The fourth-order valence-electron chi connectivity index (χ4n) is 2.73. The maximum Gasteiger partial charge on any atom is 0.180 e. The van der Waals surface area contributed by atoms with Crippen LogP contribution >= 0.6 is 11.8 Å². The molecule has 1 aliphatic carbocycles. The molecule has 0 unspecified atom stereocenters. The number of furan rings is 1. The van der Waals surface area contributed by atoms with Crippen molar-refractivity contribution in [2.24, 2.45) is 4.99 Å². The van der Waals surface area contributed by atoms with Crippen molar-refractivity contribution < 1.29 is 4.42 Å². The van der Waals surface area contributed by atoms with Crippen molar-refractivity contribution >= 4 is 22.6 Å². The number of hydrazine groups is 1. The molecule has 120 valence electrons. The Bertz CT molecular complexity index is 769. The molecule has 0 radical (unpaired) electrons. The summed E-state index contributed by atoms with van der Waals surface area (Å²) in [7, 11) is 0. The summed E-state index contributed by atoms with van der Waals surface area (Å²) in [6.45, 7) is 5.03. The number of amidine groups is 1. The van der Waals surface area contributed by atoms with Gasteiger partial charge in [0.15, 0.2) is 5.17 Å². The summed E-state index contributed by atoms with van der Waals surface area (Å²) in [4.78, 5) is 4.61. The van der Waals surface area contributed by atoms with Crippen LogP contribution in [-0.4, -0.2) is 15.8 Å². The Morgan fingerprint density at radius 3 is 2.87 bits per heavy atom. The molecule has 0 amide bonds. The molecule has 2 N–H and O–H groups in total. The number of hydrogen-bond acceptors (Lipinski definition) is 4. The molecule has 2 aliphatic rings. The van der Waals surface area contributed by atoms with E-state index < -0.39 is 0 Å². The van der Waals surface area contributed by atoms with Crippen molar-refractivity contribution in [1.29, 1.82) is 0 Å². The molecule has 0 bridgehead atoms. The van der Waals surface area contributed by atoms with Crippen LogP contribution in [0.2, 0.25) is 0 Å². The lowest BCUT2D eigenvalue weighted by Gasteiger charge is -2.19. The van der Waals surface area contributed by atoms with Gasteiger partial charge in [-0.25, -0.2) is 0 Å². The Morgan fingerprint density at radius 2 is 2.22 bits per heavy atom. The molecular weight excluding hydrogens is 308 g/mol. The summed E-state index contributed by atoms with van der Waals surface area (Å²) < 4.78 is 7.75. The lowest BCUT2D eigenvalue weighted by atomic mass is 10.2. The molecule has 1 saturated carbocycles. The summed E-state index contributed by atoms with van der Waals surface area (Å²) in [5, 5.41) is 3.09. The van der Waals surface area contributed by atoms with Gasteiger partial charge in [-0.15, -0.1) is 0 Å². The standard InChI is InChI=1S/C17H20N4OS/c1-11-8-15(12(2)21(11)9-14-4-3-7-22-14)16-10-23-17(20-19-16)18-13-5-6-13/h3-4,7-8,10,13,19H,5-6,9H2,1-2H3,(H,18,20). The van der Waals surface area contributed by atoms with Gasteiger partial charge in [-0.2, -0.15) is 0 Å². The molecule has 0 saturated heterocycles. The van der Waals surface area contributed by atoms with E-state index in [-0.39, 0.29) is 0 Å². The monoisotopic (exact) mass is 328 g/mol. The van der Waals surface area contributed by atoms with Gasteiger partial charge in [-0.3, -0.25) is 15.8 Å². The normalized spacial score (nSPS) is 19.4. The van der Waals surface area contributed by atoms with Crippen LogP contribution in [0.5, 0.6) is 0 Å². The molecule has 2 aromatic rings. The van der Waals surface area contributed by atoms with E-state index in [1.54, 1.807) is 18.0 Å². The van der Waals surface area contributed by atoms with Crippen LogP contribution in [0.15, 0.2) is 39.3 Å². The lowest BCUT2D eigenvalue weighted by molar-refractivity contribution is 0.489. The van der Waals surface area contributed by atoms with E-state index in [4.69, 9.17) is 4.42 Å². The van der Waals surface area contributed by atoms with Gasteiger partial charge in [0.2, 0.25) is 0 Å². The molecule has 0 aromatic carbocycles. The van der Waals surface area contributed by atoms with E-state index >= 15 is 0 Å². The summed E-state index contributed by atoms with van der Waals surface area (Å²) >= 11 is 1.65. The average molecular weight is 328 g/mol. The maximum atomic E-state index is 5.48. The average Bonchev–Trinajstić information content (AvgIpc) is 3.13. The fraction of sp³-hybridized carbons (Fsp3) is 0.353. The van der Waals surface area contributed by atoms with Gasteiger partial charge in [0.1, 0.15) is 5.76 Å². The Balaban J connectivity index is 1.56. The van der Waals surface area contributed by atoms with E-state index in [2.05, 4.69) is 45.7 Å². The SMILES string of the molecule is Cc1cc(C2=CSC(=NC3CC3)NN2)c(C)n1Cc1ccco1. The molecule has 1 aliphatic heterocycles. The van der Waals surface area contributed by atoms with Crippen LogP contribution < -0.4 is 10.9 Å². The first-order valence-electron chi connectivity index (χ1n) is 7.87. The number of hydrogen-bond donors (Lipinski definition) is 2. The Labute approximate surface area is 139 Å². The van der Waals surface area contributed by atoms with Gasteiger partial charge in [-0.1, -0.05) is 11.8 Å². The van der Waals surface area contributed by atoms with Crippen molar-refractivity contribution in [3.8, 4) is 0 Å². The second-order valence-corrected chi connectivity index (χ2v) is 6.87. The van der Waals surface area contributed by atoms with E-state index in [0.717, 1.165) is 23.2 Å². The van der Waals surface area contributed by atoms with Crippen LogP contribution in [0, 0.1) is 13.8 Å². The van der Waals surface area contributed by atoms with E-state index in [9.17, 15) is 0 Å². The topological polar surface area (TPSA) is 54.5 Å². The van der Waals surface area contributed by atoms with Gasteiger partial charge >= 0.3 is 0 Å². The number of rotatable bonds is 4. The van der Waals surface area contributed by atoms with Crippen LogP contribution in [0.1, 0.15) is 35.6 Å². The van der Waals surface area contributed by atoms with Crippen molar-refractivity contribution in [1.82, 2.24) is 15.4 Å². The molecule has 5 nitrogen and oxygen atoms in total. The first-order chi connectivity index (χ1) is 11.2. The predicted molar refractivity (Wildman–Crippen MR) is 94.0 cm³/mol. The van der Waals surface area contributed by atoms with E-state index in [0.29, 0.717) is 6.04 Å². The Kier molecular flexibility index (Phi) is 3.69. The highest BCUT2D eigenvalue weighted by Gasteiger charge is 2.22. The van der Waals surface area contributed by atoms with Gasteiger partial charge in [0.25, 0.3) is 0 Å². The first-order valence-corrected chi connectivity index (χ1v) is 8.75. The smallest absolute Gasteiger partial charge is 0.180 e. The summed E-state index contributed by atoms with van der Waals surface area (Å²) in [6.07, 6.45) is 4.16.